The number of pyridine rings is 1. The first-order chi connectivity index (χ1) is 6.09. The van der Waals surface area contributed by atoms with Crippen LogP contribution in [0.4, 0.5) is 5.69 Å². The van der Waals surface area contributed by atoms with E-state index < -0.39 is 0 Å². The third-order valence-corrected chi connectivity index (χ3v) is 3.21. The largest absolute Gasteiger partial charge is 0.397 e. The fourth-order valence-corrected chi connectivity index (χ4v) is 1.95. The summed E-state index contributed by atoms with van der Waals surface area (Å²) in [5.74, 6) is 1.66. The van der Waals surface area contributed by atoms with Crippen molar-refractivity contribution in [1.29, 1.82) is 0 Å². The Balaban J connectivity index is 2.67. The lowest BCUT2D eigenvalue weighted by molar-refractivity contribution is 0.749. The van der Waals surface area contributed by atoms with Crippen LogP contribution in [-0.2, 0) is 0 Å². The van der Waals surface area contributed by atoms with Crippen molar-refractivity contribution in [3.05, 3.63) is 17.3 Å². The van der Waals surface area contributed by atoms with Crippen molar-refractivity contribution in [1.82, 2.24) is 4.98 Å². The summed E-state index contributed by atoms with van der Waals surface area (Å²) in [7, 11) is 0. The minimum Gasteiger partial charge on any atom is -0.397 e. The van der Waals surface area contributed by atoms with Crippen LogP contribution in [0.15, 0.2) is 17.3 Å². The molecule has 0 amide bonds. The summed E-state index contributed by atoms with van der Waals surface area (Å²) in [5.41, 5.74) is 6.14. The highest BCUT2D eigenvalue weighted by Crippen LogP contribution is 2.27. The molecule has 1 aromatic heterocycles. The molecular formula is C9H13ClN2S. The van der Waals surface area contributed by atoms with Crippen molar-refractivity contribution in [2.75, 3.05) is 11.5 Å². The van der Waals surface area contributed by atoms with Crippen LogP contribution in [0.3, 0.4) is 0 Å². The van der Waals surface area contributed by atoms with Gasteiger partial charge in [-0.2, -0.15) is 0 Å². The van der Waals surface area contributed by atoms with Crippen molar-refractivity contribution < 1.29 is 0 Å². The Morgan fingerprint density at radius 2 is 2.31 bits per heavy atom. The molecule has 0 saturated carbocycles. The molecule has 2 N–H and O–H groups in total. The van der Waals surface area contributed by atoms with Gasteiger partial charge in [0, 0.05) is 5.75 Å². The second-order valence-corrected chi connectivity index (χ2v) is 4.68. The maximum atomic E-state index is 5.95. The van der Waals surface area contributed by atoms with E-state index in [-0.39, 0.29) is 0 Å². The Labute approximate surface area is 87.9 Å². The van der Waals surface area contributed by atoms with E-state index in [1.807, 2.05) is 0 Å². The maximum absolute atomic E-state index is 5.95. The van der Waals surface area contributed by atoms with Gasteiger partial charge >= 0.3 is 0 Å². The first-order valence-electron chi connectivity index (χ1n) is 4.13. The van der Waals surface area contributed by atoms with Crippen LogP contribution in [0.25, 0.3) is 0 Å². The summed E-state index contributed by atoms with van der Waals surface area (Å²) in [6, 6.07) is 1.73. The van der Waals surface area contributed by atoms with Gasteiger partial charge < -0.3 is 5.73 Å². The number of halogens is 1. The fourth-order valence-electron chi connectivity index (χ4n) is 0.792. The molecule has 0 bridgehead atoms. The smallest absolute Gasteiger partial charge is 0.115 e. The van der Waals surface area contributed by atoms with Gasteiger partial charge in [-0.3, -0.25) is 0 Å². The zero-order chi connectivity index (χ0) is 9.84. The van der Waals surface area contributed by atoms with E-state index in [9.17, 15) is 0 Å². The minimum absolute atomic E-state index is 0.610. The lowest BCUT2D eigenvalue weighted by atomic mass is 10.3. The predicted molar refractivity (Wildman–Crippen MR) is 59.2 cm³/mol. The standard InChI is InChI=1S/C9H13ClN2S/c1-6(2)5-13-9-8(10)3-7(11)4-12-9/h3-4,6H,5,11H2,1-2H3. The van der Waals surface area contributed by atoms with Crippen LogP contribution >= 0.6 is 23.4 Å². The molecule has 1 heterocycles. The number of nitrogens with two attached hydrogens (primary N) is 1. The van der Waals surface area contributed by atoms with Gasteiger partial charge in [0.2, 0.25) is 0 Å². The number of aromatic nitrogens is 1. The van der Waals surface area contributed by atoms with E-state index in [1.54, 1.807) is 24.0 Å². The Kier molecular flexibility index (Phi) is 3.88. The van der Waals surface area contributed by atoms with Crippen LogP contribution in [0.1, 0.15) is 13.8 Å². The van der Waals surface area contributed by atoms with Gasteiger partial charge in [0.05, 0.1) is 16.9 Å². The summed E-state index contributed by atoms with van der Waals surface area (Å²) in [4.78, 5) is 4.16. The Hall–Kier alpha value is -0.410. The number of nitrogens with zero attached hydrogens (tertiary/aromatic N) is 1. The second-order valence-electron chi connectivity index (χ2n) is 3.26. The molecule has 1 rings (SSSR count). The number of nitrogen functional groups attached to an aromatic ring is 1. The molecule has 0 radical (unpaired) electrons. The van der Waals surface area contributed by atoms with E-state index in [0.717, 1.165) is 10.8 Å². The molecule has 0 spiro atoms. The number of hydrogen-bond donors (Lipinski definition) is 1. The second kappa shape index (κ2) is 4.72. The molecule has 0 fully saturated rings. The number of hydrogen-bond acceptors (Lipinski definition) is 3. The number of anilines is 1. The van der Waals surface area contributed by atoms with Crippen LogP contribution in [0.5, 0.6) is 0 Å². The van der Waals surface area contributed by atoms with Crippen molar-refractivity contribution in [3.63, 3.8) is 0 Å². The normalized spacial score (nSPS) is 10.8. The molecule has 0 aliphatic carbocycles. The topological polar surface area (TPSA) is 38.9 Å². The van der Waals surface area contributed by atoms with Crippen molar-refractivity contribution in [3.8, 4) is 0 Å². The molecule has 4 heteroatoms. The van der Waals surface area contributed by atoms with Gasteiger partial charge in [0.15, 0.2) is 0 Å². The SMILES string of the molecule is CC(C)CSc1ncc(N)cc1Cl. The highest BCUT2D eigenvalue weighted by atomic mass is 35.5. The van der Waals surface area contributed by atoms with Gasteiger partial charge in [-0.15, -0.1) is 11.8 Å². The van der Waals surface area contributed by atoms with Gasteiger partial charge in [-0.05, 0) is 12.0 Å². The minimum atomic E-state index is 0.610. The Morgan fingerprint density at radius 3 is 2.85 bits per heavy atom. The monoisotopic (exact) mass is 216 g/mol. The van der Waals surface area contributed by atoms with Crippen LogP contribution < -0.4 is 5.73 Å². The molecule has 1 aromatic rings. The van der Waals surface area contributed by atoms with E-state index in [2.05, 4.69) is 18.8 Å². The zero-order valence-corrected chi connectivity index (χ0v) is 9.32. The third kappa shape index (κ3) is 3.44. The fraction of sp³-hybridized carbons (Fsp3) is 0.444. The van der Waals surface area contributed by atoms with Crippen molar-refractivity contribution >= 4 is 29.1 Å². The molecule has 72 valence electrons. The molecule has 0 saturated heterocycles. The van der Waals surface area contributed by atoms with Crippen LogP contribution in [-0.4, -0.2) is 10.7 Å². The van der Waals surface area contributed by atoms with E-state index in [0.29, 0.717) is 16.6 Å². The number of thioether (sulfide) groups is 1. The molecule has 0 aliphatic rings. The maximum Gasteiger partial charge on any atom is 0.115 e. The molecule has 0 unspecified atom stereocenters. The summed E-state index contributed by atoms with van der Waals surface area (Å²) in [5, 5.41) is 1.51. The van der Waals surface area contributed by atoms with Crippen molar-refractivity contribution in [2.24, 2.45) is 5.92 Å². The highest BCUT2D eigenvalue weighted by molar-refractivity contribution is 7.99. The van der Waals surface area contributed by atoms with Gasteiger partial charge in [0.25, 0.3) is 0 Å². The molecular weight excluding hydrogens is 204 g/mol. The average Bonchev–Trinajstić information content (AvgIpc) is 2.02. The summed E-state index contributed by atoms with van der Waals surface area (Å²) in [6.07, 6.45) is 1.63. The summed E-state index contributed by atoms with van der Waals surface area (Å²) < 4.78 is 0. The van der Waals surface area contributed by atoms with E-state index >= 15 is 0 Å². The van der Waals surface area contributed by atoms with Gasteiger partial charge in [0.1, 0.15) is 5.03 Å². The third-order valence-electron chi connectivity index (χ3n) is 1.38. The summed E-state index contributed by atoms with van der Waals surface area (Å²) in [6.45, 7) is 4.33. The molecule has 13 heavy (non-hydrogen) atoms. The Bertz CT molecular complexity index is 289. The first-order valence-corrected chi connectivity index (χ1v) is 5.49. The predicted octanol–water partition coefficient (Wildman–Crippen LogP) is 3.07. The van der Waals surface area contributed by atoms with Crippen molar-refractivity contribution in [2.45, 2.75) is 18.9 Å². The highest BCUT2D eigenvalue weighted by Gasteiger charge is 2.04. The van der Waals surface area contributed by atoms with Crippen LogP contribution in [0.2, 0.25) is 5.02 Å². The lowest BCUT2D eigenvalue weighted by Gasteiger charge is -2.05. The molecule has 0 aromatic carbocycles. The van der Waals surface area contributed by atoms with E-state index in [1.165, 1.54) is 0 Å². The summed E-state index contributed by atoms with van der Waals surface area (Å²) >= 11 is 7.61. The van der Waals surface area contributed by atoms with Gasteiger partial charge in [-0.25, -0.2) is 4.98 Å². The average molecular weight is 217 g/mol. The molecule has 2 nitrogen and oxygen atoms in total. The lowest BCUT2D eigenvalue weighted by Crippen LogP contribution is -1.93. The van der Waals surface area contributed by atoms with Gasteiger partial charge in [-0.1, -0.05) is 25.4 Å². The quantitative estimate of drug-likeness (QED) is 0.790. The molecule has 0 aliphatic heterocycles. The van der Waals surface area contributed by atoms with E-state index in [4.69, 9.17) is 17.3 Å². The first kappa shape index (κ1) is 10.7. The van der Waals surface area contributed by atoms with Crippen LogP contribution in [0, 0.1) is 5.92 Å². The molecule has 0 atom stereocenters. The number of rotatable bonds is 3. The Morgan fingerprint density at radius 1 is 1.62 bits per heavy atom. The zero-order valence-electron chi connectivity index (χ0n) is 7.75.